The third-order valence-corrected chi connectivity index (χ3v) is 3.16. The van der Waals surface area contributed by atoms with Crippen molar-refractivity contribution in [3.63, 3.8) is 0 Å². The van der Waals surface area contributed by atoms with Gasteiger partial charge in [0.1, 0.15) is 5.75 Å². The third kappa shape index (κ3) is 2.42. The number of benzene rings is 1. The van der Waals surface area contributed by atoms with Crippen molar-refractivity contribution in [1.82, 2.24) is 0 Å². The maximum Gasteiger partial charge on any atom is 0.117 e. The molecule has 1 aliphatic carbocycles. The van der Waals surface area contributed by atoms with Gasteiger partial charge < -0.3 is 16.2 Å². The number of nitrogens with one attached hydrogen (secondary N) is 1. The number of phenolic OH excluding ortho intramolecular Hbond substituents is 1. The van der Waals surface area contributed by atoms with Crippen molar-refractivity contribution in [1.29, 1.82) is 0 Å². The Balaban J connectivity index is 2.02. The second-order valence-electron chi connectivity index (χ2n) is 4.23. The van der Waals surface area contributed by atoms with Gasteiger partial charge in [0.25, 0.3) is 0 Å². The first kappa shape index (κ1) is 10.3. The molecule has 1 aromatic carbocycles. The molecule has 15 heavy (non-hydrogen) atoms. The molecule has 2 rings (SSSR count). The first-order chi connectivity index (χ1) is 7.29. The number of aromatic hydroxyl groups is 1. The lowest BCUT2D eigenvalue weighted by molar-refractivity contribution is 0.475. The Bertz CT molecular complexity index is 327. The standard InChI is InChI=1S/C12H18N2O/c13-8-9-3-1-6-12(9)14-10-4-2-5-11(15)7-10/h2,4-5,7,9,12,14-15H,1,3,6,8,13H2. The lowest BCUT2D eigenvalue weighted by atomic mass is 10.0. The topological polar surface area (TPSA) is 58.3 Å². The Morgan fingerprint density at radius 2 is 2.27 bits per heavy atom. The summed E-state index contributed by atoms with van der Waals surface area (Å²) in [4.78, 5) is 0. The highest BCUT2D eigenvalue weighted by molar-refractivity contribution is 5.48. The van der Waals surface area contributed by atoms with Crippen LogP contribution >= 0.6 is 0 Å². The van der Waals surface area contributed by atoms with Crippen LogP contribution in [0.3, 0.4) is 0 Å². The smallest absolute Gasteiger partial charge is 0.117 e. The summed E-state index contributed by atoms with van der Waals surface area (Å²) in [6, 6.07) is 7.73. The maximum absolute atomic E-state index is 9.35. The first-order valence-corrected chi connectivity index (χ1v) is 5.55. The summed E-state index contributed by atoms with van der Waals surface area (Å²) >= 11 is 0. The predicted molar refractivity (Wildman–Crippen MR) is 61.9 cm³/mol. The van der Waals surface area contributed by atoms with E-state index in [2.05, 4.69) is 5.32 Å². The Morgan fingerprint density at radius 1 is 1.40 bits per heavy atom. The summed E-state index contributed by atoms with van der Waals surface area (Å²) in [5.41, 5.74) is 6.70. The molecule has 3 nitrogen and oxygen atoms in total. The first-order valence-electron chi connectivity index (χ1n) is 5.55. The number of nitrogens with two attached hydrogens (primary N) is 1. The van der Waals surface area contributed by atoms with Crippen molar-refractivity contribution in [2.75, 3.05) is 11.9 Å². The number of hydrogen-bond donors (Lipinski definition) is 3. The SMILES string of the molecule is NCC1CCCC1Nc1cccc(O)c1. The van der Waals surface area contributed by atoms with Gasteiger partial charge >= 0.3 is 0 Å². The molecule has 2 atom stereocenters. The highest BCUT2D eigenvalue weighted by Gasteiger charge is 2.25. The second-order valence-corrected chi connectivity index (χ2v) is 4.23. The molecule has 0 heterocycles. The average Bonchev–Trinajstić information content (AvgIpc) is 2.65. The van der Waals surface area contributed by atoms with Gasteiger partial charge in [-0.1, -0.05) is 12.5 Å². The van der Waals surface area contributed by atoms with Crippen molar-refractivity contribution < 1.29 is 5.11 Å². The van der Waals surface area contributed by atoms with E-state index in [0.717, 1.165) is 12.2 Å². The Morgan fingerprint density at radius 3 is 3.00 bits per heavy atom. The summed E-state index contributed by atoms with van der Waals surface area (Å²) in [6.07, 6.45) is 3.64. The number of anilines is 1. The van der Waals surface area contributed by atoms with Crippen LogP contribution in [0, 0.1) is 5.92 Å². The minimum absolute atomic E-state index is 0.308. The van der Waals surface area contributed by atoms with Gasteiger partial charge in [-0.2, -0.15) is 0 Å². The molecule has 82 valence electrons. The van der Waals surface area contributed by atoms with Crippen LogP contribution in [0.25, 0.3) is 0 Å². The zero-order chi connectivity index (χ0) is 10.7. The molecule has 1 saturated carbocycles. The molecule has 1 fully saturated rings. The normalized spacial score (nSPS) is 25.4. The molecule has 0 spiro atoms. The molecular formula is C12H18N2O. The van der Waals surface area contributed by atoms with E-state index >= 15 is 0 Å². The van der Waals surface area contributed by atoms with Crippen LogP contribution in [0.4, 0.5) is 5.69 Å². The van der Waals surface area contributed by atoms with E-state index in [1.165, 1.54) is 19.3 Å². The molecular weight excluding hydrogens is 188 g/mol. The highest BCUT2D eigenvalue weighted by Crippen LogP contribution is 2.28. The minimum Gasteiger partial charge on any atom is -0.508 e. The molecule has 0 aliphatic heterocycles. The average molecular weight is 206 g/mol. The molecule has 1 aliphatic rings. The fourth-order valence-electron chi connectivity index (χ4n) is 2.32. The molecule has 1 aromatic rings. The summed E-state index contributed by atoms with van der Waals surface area (Å²) in [5.74, 6) is 0.884. The Hall–Kier alpha value is -1.22. The fraction of sp³-hybridized carbons (Fsp3) is 0.500. The fourth-order valence-corrected chi connectivity index (χ4v) is 2.32. The monoisotopic (exact) mass is 206 g/mol. The highest BCUT2D eigenvalue weighted by atomic mass is 16.3. The van der Waals surface area contributed by atoms with Crippen molar-refractivity contribution in [3.8, 4) is 5.75 Å². The molecule has 0 aromatic heterocycles. The van der Waals surface area contributed by atoms with Crippen molar-refractivity contribution in [2.45, 2.75) is 25.3 Å². The van der Waals surface area contributed by atoms with E-state index < -0.39 is 0 Å². The van der Waals surface area contributed by atoms with Gasteiger partial charge in [0.05, 0.1) is 0 Å². The van der Waals surface area contributed by atoms with Gasteiger partial charge in [0.15, 0.2) is 0 Å². The van der Waals surface area contributed by atoms with Gasteiger partial charge in [-0.15, -0.1) is 0 Å². The van der Waals surface area contributed by atoms with Gasteiger partial charge in [-0.25, -0.2) is 0 Å². The Labute approximate surface area is 90.3 Å². The molecule has 0 amide bonds. The van der Waals surface area contributed by atoms with Crippen LogP contribution < -0.4 is 11.1 Å². The number of hydrogen-bond acceptors (Lipinski definition) is 3. The van der Waals surface area contributed by atoms with Gasteiger partial charge in [0, 0.05) is 17.8 Å². The molecule has 3 heteroatoms. The molecule has 0 bridgehead atoms. The summed E-state index contributed by atoms with van der Waals surface area (Å²) in [5, 5.41) is 12.8. The summed E-state index contributed by atoms with van der Waals surface area (Å²) in [6.45, 7) is 0.747. The quantitative estimate of drug-likeness (QED) is 0.708. The van der Waals surface area contributed by atoms with Crippen LogP contribution in [0.2, 0.25) is 0 Å². The van der Waals surface area contributed by atoms with Crippen LogP contribution in [0.1, 0.15) is 19.3 Å². The molecule has 0 radical (unpaired) electrons. The summed E-state index contributed by atoms with van der Waals surface area (Å²) in [7, 11) is 0. The van der Waals surface area contributed by atoms with Crippen molar-refractivity contribution in [2.24, 2.45) is 11.7 Å². The van der Waals surface area contributed by atoms with E-state index in [1.54, 1.807) is 12.1 Å². The Kier molecular flexibility index (Phi) is 3.11. The lowest BCUT2D eigenvalue weighted by Gasteiger charge is -2.20. The van der Waals surface area contributed by atoms with E-state index in [1.807, 2.05) is 12.1 Å². The maximum atomic E-state index is 9.35. The number of rotatable bonds is 3. The predicted octanol–water partition coefficient (Wildman–Crippen LogP) is 1.93. The largest absolute Gasteiger partial charge is 0.508 e. The second kappa shape index (κ2) is 4.53. The molecule has 2 unspecified atom stereocenters. The van der Waals surface area contributed by atoms with E-state index in [9.17, 15) is 5.11 Å². The zero-order valence-corrected chi connectivity index (χ0v) is 8.82. The van der Waals surface area contributed by atoms with E-state index in [-0.39, 0.29) is 0 Å². The van der Waals surface area contributed by atoms with Crippen LogP contribution in [0.5, 0.6) is 5.75 Å². The van der Waals surface area contributed by atoms with Gasteiger partial charge in [-0.3, -0.25) is 0 Å². The number of phenols is 1. The third-order valence-electron chi connectivity index (χ3n) is 3.16. The minimum atomic E-state index is 0.308. The van der Waals surface area contributed by atoms with E-state index in [0.29, 0.717) is 17.7 Å². The van der Waals surface area contributed by atoms with Gasteiger partial charge in [0.2, 0.25) is 0 Å². The van der Waals surface area contributed by atoms with Crippen LogP contribution in [-0.2, 0) is 0 Å². The lowest BCUT2D eigenvalue weighted by Crippen LogP contribution is -2.29. The van der Waals surface area contributed by atoms with Crippen LogP contribution in [0.15, 0.2) is 24.3 Å². The van der Waals surface area contributed by atoms with E-state index in [4.69, 9.17) is 5.73 Å². The molecule has 0 saturated heterocycles. The van der Waals surface area contributed by atoms with Gasteiger partial charge in [-0.05, 0) is 37.4 Å². The zero-order valence-electron chi connectivity index (χ0n) is 8.82. The van der Waals surface area contributed by atoms with Crippen molar-refractivity contribution in [3.05, 3.63) is 24.3 Å². The van der Waals surface area contributed by atoms with Crippen molar-refractivity contribution >= 4 is 5.69 Å². The summed E-state index contributed by atoms with van der Waals surface area (Å²) < 4.78 is 0. The van der Waals surface area contributed by atoms with Crippen LogP contribution in [-0.4, -0.2) is 17.7 Å². The molecule has 4 N–H and O–H groups in total.